The van der Waals surface area contributed by atoms with Crippen molar-refractivity contribution in [3.05, 3.63) is 68.8 Å². The summed E-state index contributed by atoms with van der Waals surface area (Å²) >= 11 is 9.08. The molecule has 0 fully saturated rings. The highest BCUT2D eigenvalue weighted by atomic mass is 32.2. The minimum atomic E-state index is -0.369. The molecule has 0 saturated carbocycles. The van der Waals surface area contributed by atoms with Gasteiger partial charge in [0.25, 0.3) is 0 Å². The van der Waals surface area contributed by atoms with Gasteiger partial charge in [-0.1, -0.05) is 66.1 Å². The number of carbonyl (C=O) groups is 1. The molecule has 0 unspecified atom stereocenters. The van der Waals surface area contributed by atoms with Crippen LogP contribution in [0, 0.1) is 0 Å². The number of benzene rings is 2. The molecule has 0 radical (unpaired) electrons. The standard InChI is InChI=1S/C23H21NO2S3/c1-13(25)19-20(14-8-6-5-7-9-14)29-22(28-19)18-16-12-15(26-4)10-11-17(16)24-23(2,3)21(18)27/h5-12,24H,1-4H3/b22-18+. The third-order valence-electron chi connectivity index (χ3n) is 4.89. The van der Waals surface area contributed by atoms with Crippen LogP contribution in [0.5, 0.6) is 5.75 Å². The minimum Gasteiger partial charge on any atom is -0.497 e. The second-order valence-corrected chi connectivity index (χ2v) is 10.1. The summed E-state index contributed by atoms with van der Waals surface area (Å²) in [5.41, 5.74) is 3.73. The second-order valence-electron chi connectivity index (χ2n) is 7.44. The lowest BCUT2D eigenvalue weighted by atomic mass is 9.85. The maximum Gasteiger partial charge on any atom is 0.167 e. The van der Waals surface area contributed by atoms with E-state index in [0.29, 0.717) is 0 Å². The largest absolute Gasteiger partial charge is 0.497 e. The molecule has 2 aromatic rings. The van der Waals surface area contributed by atoms with Crippen LogP contribution in [-0.2, 0) is 4.79 Å². The lowest BCUT2D eigenvalue weighted by Crippen LogP contribution is -2.43. The summed E-state index contributed by atoms with van der Waals surface area (Å²) in [7, 11) is 1.66. The molecular formula is C23H21NO2S3. The van der Waals surface area contributed by atoms with E-state index in [9.17, 15) is 4.79 Å². The molecule has 148 valence electrons. The number of ketones is 1. The number of anilines is 1. The molecule has 0 aliphatic carbocycles. The number of carbonyl (C=O) groups excluding carboxylic acids is 1. The number of rotatable bonds is 3. The molecule has 0 atom stereocenters. The van der Waals surface area contributed by atoms with Gasteiger partial charge in [0.1, 0.15) is 5.75 Å². The molecule has 4 rings (SSSR count). The summed E-state index contributed by atoms with van der Waals surface area (Å²) in [6.07, 6.45) is 0. The number of fused-ring (bicyclic) bond motifs is 1. The first-order chi connectivity index (χ1) is 13.8. The van der Waals surface area contributed by atoms with E-state index >= 15 is 0 Å². The van der Waals surface area contributed by atoms with Crippen LogP contribution in [0.15, 0.2) is 57.7 Å². The van der Waals surface area contributed by atoms with E-state index in [1.54, 1.807) is 25.8 Å². The van der Waals surface area contributed by atoms with Gasteiger partial charge in [0.15, 0.2) is 5.78 Å². The fraction of sp³-hybridized carbons (Fsp3) is 0.217. The quantitative estimate of drug-likeness (QED) is 0.442. The third kappa shape index (κ3) is 3.65. The van der Waals surface area contributed by atoms with Crippen molar-refractivity contribution in [2.75, 3.05) is 12.4 Å². The summed E-state index contributed by atoms with van der Waals surface area (Å²) in [6.45, 7) is 5.80. The van der Waals surface area contributed by atoms with E-state index in [2.05, 4.69) is 19.2 Å². The summed E-state index contributed by atoms with van der Waals surface area (Å²) in [4.78, 5) is 15.0. The molecule has 0 aromatic heterocycles. The Bertz CT molecular complexity index is 1080. The van der Waals surface area contributed by atoms with Crippen molar-refractivity contribution in [1.29, 1.82) is 0 Å². The normalized spacial score (nSPS) is 20.3. The van der Waals surface area contributed by atoms with Crippen LogP contribution in [0.4, 0.5) is 5.69 Å². The highest BCUT2D eigenvalue weighted by molar-refractivity contribution is 8.32. The number of ether oxygens (including phenoxy) is 1. The van der Waals surface area contributed by atoms with E-state index in [4.69, 9.17) is 17.0 Å². The molecule has 6 heteroatoms. The lowest BCUT2D eigenvalue weighted by molar-refractivity contribution is -0.112. The average molecular weight is 440 g/mol. The predicted molar refractivity (Wildman–Crippen MR) is 129 cm³/mol. The maximum atomic E-state index is 12.4. The fourth-order valence-electron chi connectivity index (χ4n) is 3.41. The molecule has 2 aromatic carbocycles. The van der Waals surface area contributed by atoms with Gasteiger partial charge >= 0.3 is 0 Å². The predicted octanol–water partition coefficient (Wildman–Crippen LogP) is 6.38. The molecule has 0 bridgehead atoms. The summed E-state index contributed by atoms with van der Waals surface area (Å²) in [5.74, 6) is 0.851. The van der Waals surface area contributed by atoms with Gasteiger partial charge in [-0.05, 0) is 44.5 Å². The Morgan fingerprint density at radius 1 is 1.10 bits per heavy atom. The van der Waals surface area contributed by atoms with Crippen molar-refractivity contribution in [2.45, 2.75) is 26.3 Å². The molecule has 0 spiro atoms. The highest BCUT2D eigenvalue weighted by Gasteiger charge is 2.38. The first kappa shape index (κ1) is 20.3. The van der Waals surface area contributed by atoms with Gasteiger partial charge in [0, 0.05) is 26.6 Å². The molecular weight excluding hydrogens is 418 g/mol. The van der Waals surface area contributed by atoms with Crippen LogP contribution in [0.1, 0.15) is 31.9 Å². The van der Waals surface area contributed by atoms with Gasteiger partial charge < -0.3 is 10.1 Å². The molecule has 0 saturated heterocycles. The number of hydrogen-bond acceptors (Lipinski definition) is 6. The number of nitrogens with one attached hydrogen (secondary N) is 1. The molecule has 3 nitrogen and oxygen atoms in total. The van der Waals surface area contributed by atoms with E-state index in [0.717, 1.165) is 47.0 Å². The lowest BCUT2D eigenvalue weighted by Gasteiger charge is -2.37. The van der Waals surface area contributed by atoms with Crippen LogP contribution in [0.3, 0.4) is 0 Å². The van der Waals surface area contributed by atoms with E-state index in [1.807, 2.05) is 48.5 Å². The van der Waals surface area contributed by atoms with E-state index < -0.39 is 0 Å². The molecule has 29 heavy (non-hydrogen) atoms. The molecule has 0 amide bonds. The zero-order valence-corrected chi connectivity index (χ0v) is 19.1. The Labute approximate surface area is 185 Å². The summed E-state index contributed by atoms with van der Waals surface area (Å²) < 4.78 is 6.50. The summed E-state index contributed by atoms with van der Waals surface area (Å²) in [5, 5.41) is 3.54. The fourth-order valence-corrected chi connectivity index (χ4v) is 6.56. The topological polar surface area (TPSA) is 38.3 Å². The number of Topliss-reactive ketones (excluding diaryl/α,β-unsaturated/α-hetero) is 1. The second kappa shape index (κ2) is 7.67. The smallest absolute Gasteiger partial charge is 0.167 e. The van der Waals surface area contributed by atoms with Crippen LogP contribution in [0.2, 0.25) is 0 Å². The Morgan fingerprint density at radius 3 is 2.48 bits per heavy atom. The van der Waals surface area contributed by atoms with Crippen molar-refractivity contribution in [2.24, 2.45) is 0 Å². The van der Waals surface area contributed by atoms with Crippen LogP contribution < -0.4 is 10.1 Å². The summed E-state index contributed by atoms with van der Waals surface area (Å²) in [6, 6.07) is 16.0. The van der Waals surface area contributed by atoms with Crippen LogP contribution >= 0.6 is 35.7 Å². The van der Waals surface area contributed by atoms with Crippen molar-refractivity contribution < 1.29 is 9.53 Å². The molecule has 2 aliphatic heterocycles. The van der Waals surface area contributed by atoms with Crippen molar-refractivity contribution in [3.8, 4) is 5.75 Å². The highest BCUT2D eigenvalue weighted by Crippen LogP contribution is 2.58. The zero-order valence-electron chi connectivity index (χ0n) is 16.7. The van der Waals surface area contributed by atoms with Crippen LogP contribution in [0.25, 0.3) is 10.5 Å². The monoisotopic (exact) mass is 439 g/mol. The first-order valence-electron chi connectivity index (χ1n) is 9.24. The van der Waals surface area contributed by atoms with Crippen molar-refractivity contribution in [3.63, 3.8) is 0 Å². The Hall–Kier alpha value is -2.02. The van der Waals surface area contributed by atoms with Gasteiger partial charge in [0.05, 0.1) is 21.8 Å². The number of thiocarbonyl (C=S) groups is 1. The van der Waals surface area contributed by atoms with Crippen molar-refractivity contribution >= 4 is 62.6 Å². The number of hydrogen-bond donors (Lipinski definition) is 1. The number of methoxy groups -OCH3 is 1. The van der Waals surface area contributed by atoms with E-state index in [-0.39, 0.29) is 11.3 Å². The zero-order chi connectivity index (χ0) is 20.8. The van der Waals surface area contributed by atoms with Gasteiger partial charge in [-0.2, -0.15) is 0 Å². The van der Waals surface area contributed by atoms with Gasteiger partial charge in [-0.15, -0.1) is 0 Å². The average Bonchev–Trinajstić information content (AvgIpc) is 3.14. The molecule has 2 aliphatic rings. The number of thioether (sulfide) groups is 2. The van der Waals surface area contributed by atoms with Gasteiger partial charge in [0.2, 0.25) is 0 Å². The van der Waals surface area contributed by atoms with Gasteiger partial charge in [-0.25, -0.2) is 0 Å². The molecule has 2 heterocycles. The van der Waals surface area contributed by atoms with Crippen molar-refractivity contribution in [1.82, 2.24) is 0 Å². The van der Waals surface area contributed by atoms with Gasteiger partial charge in [-0.3, -0.25) is 4.79 Å². The third-order valence-corrected chi connectivity index (χ3v) is 8.36. The first-order valence-corrected chi connectivity index (χ1v) is 11.3. The Balaban J connectivity index is 1.89. The Morgan fingerprint density at radius 2 is 1.83 bits per heavy atom. The minimum absolute atomic E-state index is 0.0712. The number of allylic oxidation sites excluding steroid dienone is 1. The maximum absolute atomic E-state index is 12.4. The van der Waals surface area contributed by atoms with Crippen LogP contribution in [-0.4, -0.2) is 23.3 Å². The Kier molecular flexibility index (Phi) is 5.36. The SMILES string of the molecule is COc1ccc2c(c1)/C(=C1/SC(C(C)=O)=C(c3ccccc3)S1)C(=S)C(C)(C)N2. The molecule has 1 N–H and O–H groups in total. The van der Waals surface area contributed by atoms with E-state index in [1.165, 1.54) is 11.8 Å².